The van der Waals surface area contributed by atoms with E-state index in [-0.39, 0.29) is 44.6 Å². The zero-order valence-corrected chi connectivity index (χ0v) is 34.2. The topological polar surface area (TPSA) is 301 Å². The maximum absolute atomic E-state index is 13.8. The van der Waals surface area contributed by atoms with Gasteiger partial charge in [0.05, 0.1) is 12.6 Å². The molecular formula is C39H61N9O10. The average Bonchev–Trinajstić information content (AvgIpc) is 3.65. The predicted molar refractivity (Wildman–Crippen MR) is 212 cm³/mol. The minimum absolute atomic E-state index is 0.110. The number of nitrogens with one attached hydrogen (secondary N) is 6. The molecule has 1 aromatic carbocycles. The third-order valence-corrected chi connectivity index (χ3v) is 9.46. The van der Waals surface area contributed by atoms with Gasteiger partial charge in [0.25, 0.3) is 0 Å². The molecule has 0 aromatic heterocycles. The molecule has 0 bridgehead atoms. The van der Waals surface area contributed by atoms with E-state index in [2.05, 4.69) is 31.9 Å². The van der Waals surface area contributed by atoms with Crippen molar-refractivity contribution in [3.05, 3.63) is 35.9 Å². The van der Waals surface area contributed by atoms with Crippen LogP contribution in [0, 0.1) is 17.8 Å². The van der Waals surface area contributed by atoms with E-state index in [4.69, 9.17) is 16.6 Å². The van der Waals surface area contributed by atoms with Crippen LogP contribution in [-0.2, 0) is 49.6 Å². The van der Waals surface area contributed by atoms with Gasteiger partial charge in [-0.2, -0.15) is 0 Å². The minimum Gasteiger partial charge on any atom is -0.480 e. The van der Waals surface area contributed by atoms with Gasteiger partial charge in [-0.15, -0.1) is 0 Å². The maximum Gasteiger partial charge on any atom is 0.322 e. The molecule has 6 atom stereocenters. The number of benzene rings is 1. The van der Waals surface area contributed by atoms with Gasteiger partial charge in [-0.1, -0.05) is 71.9 Å². The molecular weight excluding hydrogens is 754 g/mol. The first-order valence-corrected chi connectivity index (χ1v) is 19.6. The van der Waals surface area contributed by atoms with Crippen molar-refractivity contribution in [3.63, 3.8) is 0 Å². The number of carbonyl (C=O) groups is 9. The quantitative estimate of drug-likeness (QED) is 0.0608. The summed E-state index contributed by atoms with van der Waals surface area (Å²) in [5.74, 6) is -7.81. The molecule has 1 heterocycles. The predicted octanol–water partition coefficient (Wildman–Crippen LogP) is -1.57. The molecule has 19 heteroatoms. The second-order valence-corrected chi connectivity index (χ2v) is 15.6. The van der Waals surface area contributed by atoms with Crippen LogP contribution in [0.2, 0.25) is 0 Å². The number of rotatable bonds is 23. The Balaban J connectivity index is 2.16. The monoisotopic (exact) mass is 815 g/mol. The zero-order chi connectivity index (χ0) is 43.7. The third-order valence-electron chi connectivity index (χ3n) is 9.46. The molecule has 1 aliphatic heterocycles. The van der Waals surface area contributed by atoms with Gasteiger partial charge in [-0.05, 0) is 55.4 Å². The SMILES string of the molecule is CC(C)C[C@H](NC(=O)[C@@H](NC(=O)CNC(=O)[C@H](N)Cc1ccccc1)C(C)C)C(=O)N[C@H](C(=O)N[C@@H](CCC(N)=O)C(=O)N1CCC[C@H]1C(=O)NCC(=O)O)C(C)C. The lowest BCUT2D eigenvalue weighted by Crippen LogP contribution is -2.61. The highest BCUT2D eigenvalue weighted by atomic mass is 16.4. The lowest BCUT2D eigenvalue weighted by atomic mass is 9.98. The second-order valence-electron chi connectivity index (χ2n) is 15.6. The van der Waals surface area contributed by atoms with Gasteiger partial charge in [-0.3, -0.25) is 43.2 Å². The highest BCUT2D eigenvalue weighted by Crippen LogP contribution is 2.20. The molecule has 1 fully saturated rings. The molecule has 0 saturated carbocycles. The Kier molecular flexibility index (Phi) is 19.8. The number of carboxylic acid groups (broad SMARTS) is 1. The second kappa shape index (κ2) is 23.6. The Morgan fingerprint density at radius 3 is 1.90 bits per heavy atom. The molecule has 1 aromatic rings. The molecule has 0 spiro atoms. The van der Waals surface area contributed by atoms with Crippen LogP contribution < -0.4 is 43.4 Å². The van der Waals surface area contributed by atoms with Gasteiger partial charge >= 0.3 is 5.97 Å². The molecule has 1 aliphatic rings. The van der Waals surface area contributed by atoms with Gasteiger partial charge in [0.15, 0.2) is 0 Å². The van der Waals surface area contributed by atoms with Gasteiger partial charge in [-0.25, -0.2) is 0 Å². The summed E-state index contributed by atoms with van der Waals surface area (Å²) < 4.78 is 0. The van der Waals surface area contributed by atoms with Crippen LogP contribution in [-0.4, -0.2) is 119 Å². The first kappa shape index (κ1) is 48.6. The molecule has 19 nitrogen and oxygen atoms in total. The van der Waals surface area contributed by atoms with E-state index < -0.39 is 114 Å². The summed E-state index contributed by atoms with van der Waals surface area (Å²) in [7, 11) is 0. The first-order chi connectivity index (χ1) is 27.2. The minimum atomic E-state index is -1.32. The van der Waals surface area contributed by atoms with E-state index in [1.165, 1.54) is 4.90 Å². The normalized spacial score (nSPS) is 16.4. The average molecular weight is 816 g/mol. The van der Waals surface area contributed by atoms with Crippen LogP contribution in [0.3, 0.4) is 0 Å². The van der Waals surface area contributed by atoms with Crippen molar-refractivity contribution in [3.8, 4) is 0 Å². The maximum atomic E-state index is 13.8. The molecule has 1 saturated heterocycles. The first-order valence-electron chi connectivity index (χ1n) is 19.6. The number of carbonyl (C=O) groups excluding carboxylic acids is 8. The molecule has 322 valence electrons. The fraction of sp³-hybridized carbons (Fsp3) is 0.615. The van der Waals surface area contributed by atoms with Crippen molar-refractivity contribution in [1.29, 1.82) is 0 Å². The molecule has 0 unspecified atom stereocenters. The van der Waals surface area contributed by atoms with Crippen molar-refractivity contribution >= 4 is 53.2 Å². The summed E-state index contributed by atoms with van der Waals surface area (Å²) in [5, 5.41) is 24.3. The number of hydrogen-bond donors (Lipinski definition) is 9. The number of hydrogen-bond acceptors (Lipinski definition) is 10. The highest BCUT2D eigenvalue weighted by molar-refractivity contribution is 5.97. The lowest BCUT2D eigenvalue weighted by Gasteiger charge is -2.31. The Hall–Kier alpha value is -5.59. The molecule has 0 aliphatic carbocycles. The number of nitrogens with zero attached hydrogens (tertiary/aromatic N) is 1. The summed E-state index contributed by atoms with van der Waals surface area (Å²) in [6.45, 7) is 9.40. The fourth-order valence-electron chi connectivity index (χ4n) is 6.36. The number of likely N-dealkylation sites (tertiary alicyclic amines) is 1. The number of aliphatic carboxylic acids is 1. The van der Waals surface area contributed by atoms with E-state index in [1.807, 2.05) is 44.2 Å². The Labute approximate surface area is 338 Å². The number of nitrogens with two attached hydrogens (primary N) is 2. The van der Waals surface area contributed by atoms with Gasteiger partial charge in [0.2, 0.25) is 47.3 Å². The largest absolute Gasteiger partial charge is 0.480 e. The number of carboxylic acids is 1. The van der Waals surface area contributed by atoms with E-state index >= 15 is 0 Å². The van der Waals surface area contributed by atoms with Gasteiger partial charge < -0.3 is 53.4 Å². The van der Waals surface area contributed by atoms with Crippen molar-refractivity contribution in [2.45, 2.75) is 116 Å². The van der Waals surface area contributed by atoms with E-state index in [1.54, 1.807) is 27.7 Å². The Bertz CT molecular complexity index is 1620. The summed E-state index contributed by atoms with van der Waals surface area (Å²) in [6, 6.07) is 2.41. The van der Waals surface area contributed by atoms with Crippen LogP contribution in [0.1, 0.15) is 79.2 Å². The van der Waals surface area contributed by atoms with Gasteiger partial charge in [0.1, 0.15) is 36.8 Å². The van der Waals surface area contributed by atoms with E-state index in [9.17, 15) is 43.2 Å². The highest BCUT2D eigenvalue weighted by Gasteiger charge is 2.39. The van der Waals surface area contributed by atoms with E-state index in [0.717, 1.165) is 5.56 Å². The van der Waals surface area contributed by atoms with Crippen molar-refractivity contribution < 1.29 is 48.3 Å². The molecule has 2 rings (SSSR count). The van der Waals surface area contributed by atoms with E-state index in [0.29, 0.717) is 6.42 Å². The summed E-state index contributed by atoms with van der Waals surface area (Å²) in [4.78, 5) is 117. The third kappa shape index (κ3) is 16.1. The summed E-state index contributed by atoms with van der Waals surface area (Å²) in [6.07, 6.45) is 0.596. The smallest absolute Gasteiger partial charge is 0.322 e. The number of primary amides is 1. The Morgan fingerprint density at radius 2 is 1.34 bits per heavy atom. The lowest BCUT2D eigenvalue weighted by molar-refractivity contribution is -0.143. The molecule has 0 radical (unpaired) electrons. The van der Waals surface area contributed by atoms with Crippen molar-refractivity contribution in [1.82, 2.24) is 36.8 Å². The van der Waals surface area contributed by atoms with Crippen LogP contribution in [0.4, 0.5) is 0 Å². The van der Waals surface area contributed by atoms with Crippen LogP contribution in [0.25, 0.3) is 0 Å². The summed E-state index contributed by atoms with van der Waals surface area (Å²) in [5.41, 5.74) is 12.2. The van der Waals surface area contributed by atoms with Crippen molar-refractivity contribution in [2.75, 3.05) is 19.6 Å². The number of amides is 8. The zero-order valence-electron chi connectivity index (χ0n) is 34.2. The molecule has 11 N–H and O–H groups in total. The molecule has 8 amide bonds. The fourth-order valence-corrected chi connectivity index (χ4v) is 6.36. The summed E-state index contributed by atoms with van der Waals surface area (Å²) >= 11 is 0. The van der Waals surface area contributed by atoms with Crippen molar-refractivity contribution in [2.24, 2.45) is 29.2 Å². The van der Waals surface area contributed by atoms with Crippen LogP contribution in [0.5, 0.6) is 0 Å². The Morgan fingerprint density at radius 1 is 0.759 bits per heavy atom. The standard InChI is InChI=1S/C39H61N9O10/c1-21(2)17-27(45-37(56)32(22(3)4)46-30(50)19-42-34(53)25(40)18-24-11-8-7-9-12-24)35(54)47-33(23(5)6)38(57)44-26(14-15-29(41)49)39(58)48-16-10-13-28(48)36(55)43-20-31(51)52/h7-9,11-12,21-23,25-28,32-33H,10,13-20,40H2,1-6H3,(H2,41,49)(H,42,53)(H,43,55)(H,44,57)(H,45,56)(H,46,50)(H,47,54)(H,51,52)/t25-,26+,27+,28+,32+,33+/m1/s1. The molecule has 58 heavy (non-hydrogen) atoms. The van der Waals surface area contributed by atoms with Gasteiger partial charge in [0, 0.05) is 13.0 Å². The van der Waals surface area contributed by atoms with Crippen LogP contribution >= 0.6 is 0 Å². The van der Waals surface area contributed by atoms with Crippen LogP contribution in [0.15, 0.2) is 30.3 Å².